The number of benzene rings is 2. The summed E-state index contributed by atoms with van der Waals surface area (Å²) in [5.41, 5.74) is 4.06. The molecule has 2 aliphatic heterocycles. The molecule has 2 aliphatic rings. The van der Waals surface area contributed by atoms with Gasteiger partial charge in [-0.3, -0.25) is 9.59 Å². The van der Waals surface area contributed by atoms with Crippen molar-refractivity contribution in [3.63, 3.8) is 0 Å². The number of hydrogen-bond donors (Lipinski definition) is 2. The lowest BCUT2D eigenvalue weighted by Gasteiger charge is -2.32. The Balaban J connectivity index is 1.50. The van der Waals surface area contributed by atoms with Crippen LogP contribution in [0, 0.1) is 0 Å². The van der Waals surface area contributed by atoms with Gasteiger partial charge in [-0.2, -0.15) is 0 Å². The Hall–Kier alpha value is -2.66. The van der Waals surface area contributed by atoms with Gasteiger partial charge in [-0.25, -0.2) is 0 Å². The Morgan fingerprint density at radius 2 is 1.88 bits per heavy atom. The summed E-state index contributed by atoms with van der Waals surface area (Å²) in [6.07, 6.45) is 1.02. The van der Waals surface area contributed by atoms with Gasteiger partial charge in [-0.05, 0) is 35.7 Å². The number of fused-ring (bicyclic) bond motifs is 2. The summed E-state index contributed by atoms with van der Waals surface area (Å²) >= 11 is 0. The summed E-state index contributed by atoms with van der Waals surface area (Å²) < 4.78 is 0. The number of carbonyl (C=O) groups is 2. The zero-order valence-electron chi connectivity index (χ0n) is 14.9. The molecule has 2 N–H and O–H groups in total. The minimum Gasteiger partial charge on any atom is -0.354 e. The lowest BCUT2D eigenvalue weighted by Crippen LogP contribution is -2.45. The van der Waals surface area contributed by atoms with E-state index < -0.39 is 0 Å². The molecular formula is C21H23N3O2. The van der Waals surface area contributed by atoms with E-state index in [-0.39, 0.29) is 23.8 Å². The lowest BCUT2D eigenvalue weighted by atomic mass is 9.88. The van der Waals surface area contributed by atoms with Crippen molar-refractivity contribution in [1.29, 1.82) is 0 Å². The molecule has 0 spiro atoms. The molecule has 0 radical (unpaired) electrons. The van der Waals surface area contributed by atoms with Gasteiger partial charge in [-0.1, -0.05) is 42.5 Å². The minimum atomic E-state index is -0.326. The molecule has 2 amide bonds. The second-order valence-electron chi connectivity index (χ2n) is 7.03. The first kappa shape index (κ1) is 16.8. The van der Waals surface area contributed by atoms with Crippen molar-refractivity contribution in [2.24, 2.45) is 0 Å². The van der Waals surface area contributed by atoms with Crippen LogP contribution in [0.3, 0.4) is 0 Å². The summed E-state index contributed by atoms with van der Waals surface area (Å²) in [5.74, 6) is -0.373. The van der Waals surface area contributed by atoms with Gasteiger partial charge < -0.3 is 15.5 Å². The number of hydrogen-bond acceptors (Lipinski definition) is 3. The highest BCUT2D eigenvalue weighted by molar-refractivity contribution is 6.00. The number of nitrogens with zero attached hydrogens (tertiary/aromatic N) is 1. The van der Waals surface area contributed by atoms with Crippen molar-refractivity contribution < 1.29 is 9.59 Å². The molecular weight excluding hydrogens is 326 g/mol. The van der Waals surface area contributed by atoms with Crippen LogP contribution in [0.25, 0.3) is 0 Å². The molecule has 0 bridgehead atoms. The SMILES string of the molecule is CN1CC(C(=O)NCC2NCCc3ccccc32)c2ccccc2C1=O. The van der Waals surface area contributed by atoms with Gasteiger partial charge >= 0.3 is 0 Å². The van der Waals surface area contributed by atoms with Crippen LogP contribution in [0.5, 0.6) is 0 Å². The third-order valence-electron chi connectivity index (χ3n) is 5.38. The average molecular weight is 349 g/mol. The number of nitrogens with one attached hydrogen (secondary N) is 2. The van der Waals surface area contributed by atoms with E-state index in [0.29, 0.717) is 18.7 Å². The van der Waals surface area contributed by atoms with Crippen LogP contribution in [-0.2, 0) is 11.2 Å². The van der Waals surface area contributed by atoms with Gasteiger partial charge in [0, 0.05) is 31.7 Å². The zero-order chi connectivity index (χ0) is 18.1. The quantitative estimate of drug-likeness (QED) is 0.889. The first-order valence-electron chi connectivity index (χ1n) is 9.08. The predicted molar refractivity (Wildman–Crippen MR) is 100 cm³/mol. The summed E-state index contributed by atoms with van der Waals surface area (Å²) in [6, 6.07) is 15.9. The molecule has 4 rings (SSSR count). The van der Waals surface area contributed by atoms with Gasteiger partial charge in [0.1, 0.15) is 0 Å². The molecule has 2 aromatic carbocycles. The minimum absolute atomic E-state index is 0.0208. The second kappa shape index (κ2) is 6.92. The van der Waals surface area contributed by atoms with E-state index in [1.165, 1.54) is 11.1 Å². The summed E-state index contributed by atoms with van der Waals surface area (Å²) in [5, 5.41) is 6.59. The van der Waals surface area contributed by atoms with E-state index in [1.54, 1.807) is 18.0 Å². The van der Waals surface area contributed by atoms with Crippen LogP contribution < -0.4 is 10.6 Å². The fourth-order valence-corrected chi connectivity index (χ4v) is 3.98. The van der Waals surface area contributed by atoms with Crippen LogP contribution >= 0.6 is 0 Å². The molecule has 2 heterocycles. The third kappa shape index (κ3) is 2.99. The molecule has 5 nitrogen and oxygen atoms in total. The standard InChI is InChI=1S/C21H23N3O2/c1-24-13-18(16-8-4-5-9-17(16)21(24)26)20(25)23-12-19-15-7-3-2-6-14(15)10-11-22-19/h2-9,18-19,22H,10-13H2,1H3,(H,23,25). The molecule has 0 aromatic heterocycles. The van der Waals surface area contributed by atoms with E-state index >= 15 is 0 Å². The van der Waals surface area contributed by atoms with Gasteiger partial charge in [0.25, 0.3) is 5.91 Å². The fraction of sp³-hybridized carbons (Fsp3) is 0.333. The maximum absolute atomic E-state index is 12.9. The van der Waals surface area contributed by atoms with E-state index in [2.05, 4.69) is 28.8 Å². The first-order chi connectivity index (χ1) is 12.6. The highest BCUT2D eigenvalue weighted by atomic mass is 16.2. The van der Waals surface area contributed by atoms with E-state index in [9.17, 15) is 9.59 Å². The third-order valence-corrected chi connectivity index (χ3v) is 5.38. The monoisotopic (exact) mass is 349 g/mol. The summed E-state index contributed by atoms with van der Waals surface area (Å²) in [6.45, 7) is 1.88. The second-order valence-corrected chi connectivity index (χ2v) is 7.03. The molecule has 26 heavy (non-hydrogen) atoms. The van der Waals surface area contributed by atoms with Crippen LogP contribution in [0.15, 0.2) is 48.5 Å². The Morgan fingerprint density at radius 1 is 1.15 bits per heavy atom. The molecule has 0 fully saturated rings. The molecule has 134 valence electrons. The van der Waals surface area contributed by atoms with Crippen molar-refractivity contribution >= 4 is 11.8 Å². The molecule has 0 aliphatic carbocycles. The molecule has 2 unspecified atom stereocenters. The maximum atomic E-state index is 12.9. The van der Waals surface area contributed by atoms with Crippen molar-refractivity contribution in [3.8, 4) is 0 Å². The van der Waals surface area contributed by atoms with Crippen LogP contribution in [-0.4, -0.2) is 43.4 Å². The van der Waals surface area contributed by atoms with Crippen LogP contribution in [0.1, 0.15) is 39.0 Å². The normalized spacial score (nSPS) is 21.7. The van der Waals surface area contributed by atoms with Gasteiger partial charge in [0.05, 0.1) is 5.92 Å². The Bertz CT molecular complexity index is 849. The molecule has 0 saturated heterocycles. The number of likely N-dealkylation sites (N-methyl/N-ethyl adjacent to an activating group) is 1. The number of rotatable bonds is 3. The molecule has 5 heteroatoms. The van der Waals surface area contributed by atoms with Crippen molar-refractivity contribution in [2.45, 2.75) is 18.4 Å². The predicted octanol–water partition coefficient (Wildman–Crippen LogP) is 1.86. The van der Waals surface area contributed by atoms with Crippen LogP contribution in [0.4, 0.5) is 0 Å². The molecule has 2 atom stereocenters. The maximum Gasteiger partial charge on any atom is 0.253 e. The highest BCUT2D eigenvalue weighted by Crippen LogP contribution is 2.28. The van der Waals surface area contributed by atoms with Gasteiger partial charge in [-0.15, -0.1) is 0 Å². The van der Waals surface area contributed by atoms with Crippen molar-refractivity contribution in [3.05, 3.63) is 70.8 Å². The first-order valence-corrected chi connectivity index (χ1v) is 9.08. The van der Waals surface area contributed by atoms with E-state index in [1.807, 2.05) is 24.3 Å². The zero-order valence-corrected chi connectivity index (χ0v) is 14.9. The number of amides is 2. The summed E-state index contributed by atoms with van der Waals surface area (Å²) in [4.78, 5) is 26.8. The molecule has 2 aromatic rings. The van der Waals surface area contributed by atoms with Crippen LogP contribution in [0.2, 0.25) is 0 Å². The van der Waals surface area contributed by atoms with E-state index in [4.69, 9.17) is 0 Å². The van der Waals surface area contributed by atoms with E-state index in [0.717, 1.165) is 18.5 Å². The largest absolute Gasteiger partial charge is 0.354 e. The Labute approximate surface area is 153 Å². The Kier molecular flexibility index (Phi) is 4.47. The smallest absolute Gasteiger partial charge is 0.253 e. The van der Waals surface area contributed by atoms with Gasteiger partial charge in [0.2, 0.25) is 5.91 Å². The van der Waals surface area contributed by atoms with Gasteiger partial charge in [0.15, 0.2) is 0 Å². The van der Waals surface area contributed by atoms with Crippen molar-refractivity contribution in [1.82, 2.24) is 15.5 Å². The van der Waals surface area contributed by atoms with Crippen molar-refractivity contribution in [2.75, 3.05) is 26.7 Å². The fourth-order valence-electron chi connectivity index (χ4n) is 3.98. The average Bonchev–Trinajstić information content (AvgIpc) is 2.69. The Morgan fingerprint density at radius 3 is 2.73 bits per heavy atom. The lowest BCUT2D eigenvalue weighted by molar-refractivity contribution is -0.123. The topological polar surface area (TPSA) is 61.4 Å². The summed E-state index contributed by atoms with van der Waals surface area (Å²) in [7, 11) is 1.75. The highest BCUT2D eigenvalue weighted by Gasteiger charge is 2.33. The molecule has 0 saturated carbocycles. The number of carbonyl (C=O) groups excluding carboxylic acids is 2.